The fourth-order valence-electron chi connectivity index (χ4n) is 8.66. The summed E-state index contributed by atoms with van der Waals surface area (Å²) in [6, 6.07) is 56.6. The molecule has 12 rings (SSSR count). The van der Waals surface area contributed by atoms with Gasteiger partial charge in [-0.25, -0.2) is 0 Å². The highest BCUT2D eigenvalue weighted by Crippen LogP contribution is 2.41. The molecule has 56 heavy (non-hydrogen) atoms. The van der Waals surface area contributed by atoms with Crippen LogP contribution in [0.2, 0.25) is 0 Å². The molecule has 0 fully saturated rings. The number of nitrogens with zero attached hydrogens (tertiary/aromatic N) is 2. The van der Waals surface area contributed by atoms with Gasteiger partial charge in [0, 0.05) is 57.5 Å². The van der Waals surface area contributed by atoms with Crippen molar-refractivity contribution < 1.29 is 8.83 Å². The van der Waals surface area contributed by atoms with E-state index in [1.54, 1.807) is 12.4 Å². The van der Waals surface area contributed by atoms with Crippen LogP contribution in [0.4, 0.5) is 0 Å². The van der Waals surface area contributed by atoms with Crippen LogP contribution >= 0.6 is 0 Å². The van der Waals surface area contributed by atoms with Crippen molar-refractivity contribution in [3.8, 4) is 44.5 Å². The minimum atomic E-state index is 0.883. The van der Waals surface area contributed by atoms with E-state index in [0.29, 0.717) is 0 Å². The lowest BCUT2D eigenvalue weighted by molar-refractivity contribution is 0.668. The first-order chi connectivity index (χ1) is 27.7. The molecule has 8 aromatic carbocycles. The van der Waals surface area contributed by atoms with Gasteiger partial charge in [0.15, 0.2) is 0 Å². The summed E-state index contributed by atoms with van der Waals surface area (Å²) in [6.07, 6.45) is 7.41. The van der Waals surface area contributed by atoms with Crippen molar-refractivity contribution in [3.05, 3.63) is 183 Å². The highest BCUT2D eigenvalue weighted by atomic mass is 16.3. The van der Waals surface area contributed by atoms with Gasteiger partial charge in [0.1, 0.15) is 22.3 Å². The van der Waals surface area contributed by atoms with E-state index < -0.39 is 0 Å². The fraction of sp³-hybridized carbons (Fsp3) is 0. The van der Waals surface area contributed by atoms with Gasteiger partial charge in [-0.15, -0.1) is 0 Å². The van der Waals surface area contributed by atoms with Crippen molar-refractivity contribution in [2.45, 2.75) is 0 Å². The van der Waals surface area contributed by atoms with E-state index in [-0.39, 0.29) is 0 Å². The Morgan fingerprint density at radius 2 is 0.571 bits per heavy atom. The molecule has 4 heterocycles. The van der Waals surface area contributed by atoms with E-state index in [0.717, 1.165) is 77.3 Å². The van der Waals surface area contributed by atoms with Crippen molar-refractivity contribution in [3.63, 3.8) is 0 Å². The molecule has 0 aliphatic carbocycles. The number of benzene rings is 8. The third-order valence-electron chi connectivity index (χ3n) is 11.4. The molecule has 0 atom stereocenters. The SMILES string of the molecule is c1cncc(-c2ccc3oc4ccc(-c5ccc6c7ccc(-c8ccc9oc%10ccc(-c%11cccnc%11)cc%10c9c8)cc7c7ccccc7c6c5)cc4c3c2)c1. The summed E-state index contributed by atoms with van der Waals surface area (Å²) >= 11 is 0. The molecule has 260 valence electrons. The quantitative estimate of drug-likeness (QED) is 0.170. The lowest BCUT2D eigenvalue weighted by atomic mass is 9.90. The van der Waals surface area contributed by atoms with E-state index in [1.807, 2.05) is 24.5 Å². The Balaban J connectivity index is 0.979. The second kappa shape index (κ2) is 12.0. The van der Waals surface area contributed by atoms with E-state index in [9.17, 15) is 0 Å². The second-order valence-corrected chi connectivity index (χ2v) is 14.6. The molecule has 4 aromatic heterocycles. The van der Waals surface area contributed by atoms with Crippen LogP contribution in [0, 0.1) is 0 Å². The van der Waals surface area contributed by atoms with Crippen molar-refractivity contribution in [2.24, 2.45) is 0 Å². The maximum atomic E-state index is 6.29. The van der Waals surface area contributed by atoms with Crippen LogP contribution in [0.3, 0.4) is 0 Å². The molecule has 0 bridgehead atoms. The van der Waals surface area contributed by atoms with Gasteiger partial charge in [0.25, 0.3) is 0 Å². The highest BCUT2D eigenvalue weighted by Gasteiger charge is 2.15. The molecule has 0 unspecified atom stereocenters. The molecule has 0 amide bonds. The Kier molecular flexibility index (Phi) is 6.60. The summed E-state index contributed by atoms with van der Waals surface area (Å²) in [5.74, 6) is 0. The van der Waals surface area contributed by atoms with Gasteiger partial charge in [0.2, 0.25) is 0 Å². The zero-order valence-corrected chi connectivity index (χ0v) is 30.0. The monoisotopic (exact) mass is 714 g/mol. The Morgan fingerprint density at radius 3 is 0.929 bits per heavy atom. The van der Waals surface area contributed by atoms with Gasteiger partial charge in [-0.2, -0.15) is 0 Å². The van der Waals surface area contributed by atoms with Crippen LogP contribution in [-0.2, 0) is 0 Å². The second-order valence-electron chi connectivity index (χ2n) is 14.6. The van der Waals surface area contributed by atoms with Gasteiger partial charge in [0.05, 0.1) is 0 Å². The molecule has 12 aromatic rings. The predicted octanol–water partition coefficient (Wildman–Crippen LogP) is 14.4. The predicted molar refractivity (Wildman–Crippen MR) is 231 cm³/mol. The molecule has 0 radical (unpaired) electrons. The largest absolute Gasteiger partial charge is 0.456 e. The van der Waals surface area contributed by atoms with E-state index in [2.05, 4.69) is 156 Å². The Hall–Kier alpha value is -7.56. The number of rotatable bonds is 4. The molecular formula is C52H30N2O2. The molecular weight excluding hydrogens is 685 g/mol. The fourth-order valence-corrected chi connectivity index (χ4v) is 8.66. The molecule has 0 N–H and O–H groups in total. The molecule has 0 spiro atoms. The van der Waals surface area contributed by atoms with Crippen molar-refractivity contribution in [1.29, 1.82) is 0 Å². The average molecular weight is 715 g/mol. The van der Waals surface area contributed by atoms with Gasteiger partial charge in [-0.3, -0.25) is 9.97 Å². The van der Waals surface area contributed by atoms with Gasteiger partial charge >= 0.3 is 0 Å². The summed E-state index contributed by atoms with van der Waals surface area (Å²) in [6.45, 7) is 0. The van der Waals surface area contributed by atoms with Crippen molar-refractivity contribution in [1.82, 2.24) is 9.97 Å². The number of hydrogen-bond acceptors (Lipinski definition) is 4. The minimum absolute atomic E-state index is 0.883. The number of aromatic nitrogens is 2. The topological polar surface area (TPSA) is 52.1 Å². The first-order valence-corrected chi connectivity index (χ1v) is 18.8. The third-order valence-corrected chi connectivity index (χ3v) is 11.4. The van der Waals surface area contributed by atoms with Crippen molar-refractivity contribution >= 4 is 76.2 Å². The van der Waals surface area contributed by atoms with Gasteiger partial charge in [-0.05, 0) is 138 Å². The third kappa shape index (κ3) is 4.79. The number of furan rings is 2. The molecule has 0 saturated carbocycles. The summed E-state index contributed by atoms with van der Waals surface area (Å²) in [4.78, 5) is 8.66. The Morgan fingerprint density at radius 1 is 0.250 bits per heavy atom. The summed E-state index contributed by atoms with van der Waals surface area (Å²) < 4.78 is 12.6. The number of hydrogen-bond donors (Lipinski definition) is 0. The van der Waals surface area contributed by atoms with Crippen LogP contribution in [0.5, 0.6) is 0 Å². The zero-order valence-electron chi connectivity index (χ0n) is 30.0. The maximum absolute atomic E-state index is 6.29. The normalized spacial score (nSPS) is 11.9. The summed E-state index contributed by atoms with van der Waals surface area (Å²) in [5, 5.41) is 11.9. The van der Waals surface area contributed by atoms with Crippen LogP contribution in [0.1, 0.15) is 0 Å². The minimum Gasteiger partial charge on any atom is -0.456 e. The van der Waals surface area contributed by atoms with E-state index in [1.165, 1.54) is 43.4 Å². The average Bonchev–Trinajstić information content (AvgIpc) is 3.83. The first kappa shape index (κ1) is 30.9. The summed E-state index contributed by atoms with van der Waals surface area (Å²) in [5.41, 5.74) is 12.6. The van der Waals surface area contributed by atoms with Crippen LogP contribution in [0.25, 0.3) is 121 Å². The Bertz CT molecular complexity index is 3270. The maximum Gasteiger partial charge on any atom is 0.135 e. The van der Waals surface area contributed by atoms with E-state index >= 15 is 0 Å². The lowest BCUT2D eigenvalue weighted by Crippen LogP contribution is -1.86. The summed E-state index contributed by atoms with van der Waals surface area (Å²) in [7, 11) is 0. The van der Waals surface area contributed by atoms with Gasteiger partial charge < -0.3 is 8.83 Å². The van der Waals surface area contributed by atoms with Crippen LogP contribution in [0.15, 0.2) is 191 Å². The highest BCUT2D eigenvalue weighted by molar-refractivity contribution is 6.26. The van der Waals surface area contributed by atoms with Crippen LogP contribution < -0.4 is 0 Å². The van der Waals surface area contributed by atoms with Gasteiger partial charge in [-0.1, -0.05) is 84.9 Å². The zero-order chi connectivity index (χ0) is 36.7. The molecule has 0 saturated heterocycles. The van der Waals surface area contributed by atoms with Crippen LogP contribution in [-0.4, -0.2) is 9.97 Å². The molecule has 0 aliphatic heterocycles. The molecule has 0 aliphatic rings. The molecule has 4 nitrogen and oxygen atoms in total. The number of pyridine rings is 2. The molecule has 4 heteroatoms. The first-order valence-electron chi connectivity index (χ1n) is 18.8. The smallest absolute Gasteiger partial charge is 0.135 e. The lowest BCUT2D eigenvalue weighted by Gasteiger charge is -2.13. The standard InChI is InChI=1S/C52H30N2O2/c1-2-8-40-39(7-1)43-23-31(33-11-17-49-45(25-33)47-27-35(13-19-51(47)55-49)37-5-3-21-53-29-37)9-15-41(43)42-16-10-32(24-44(40)42)34-12-18-50-46(26-34)48-28-36(14-20-52(48)56-50)38-6-4-22-54-30-38/h1-30H. The Labute approximate surface area is 320 Å². The number of fused-ring (bicyclic) bond motifs is 12. The van der Waals surface area contributed by atoms with Crippen molar-refractivity contribution in [2.75, 3.05) is 0 Å². The van der Waals surface area contributed by atoms with E-state index in [4.69, 9.17) is 8.83 Å².